The summed E-state index contributed by atoms with van der Waals surface area (Å²) in [6.45, 7) is 4.57. The van der Waals surface area contributed by atoms with E-state index in [4.69, 9.17) is 4.74 Å². The molecule has 0 bridgehead atoms. The van der Waals surface area contributed by atoms with E-state index in [1.54, 1.807) is 0 Å². The van der Waals surface area contributed by atoms with E-state index in [1.165, 1.54) is 0 Å². The van der Waals surface area contributed by atoms with E-state index < -0.39 is 0 Å². The molecule has 1 heterocycles. The first kappa shape index (κ1) is 12.9. The van der Waals surface area contributed by atoms with Crippen LogP contribution in [0.2, 0.25) is 0 Å². The van der Waals surface area contributed by atoms with Crippen molar-refractivity contribution in [1.29, 1.82) is 0 Å². The third-order valence-corrected chi connectivity index (χ3v) is 3.27. The molecule has 2 rings (SSSR count). The predicted octanol–water partition coefficient (Wildman–Crippen LogP) is 3.10. The van der Waals surface area contributed by atoms with Crippen molar-refractivity contribution in [3.8, 4) is 5.75 Å². The van der Waals surface area contributed by atoms with Crippen LogP contribution in [0.4, 0.5) is 0 Å². The monoisotopic (exact) mass is 247 g/mol. The zero-order valence-corrected chi connectivity index (χ0v) is 11.0. The van der Waals surface area contributed by atoms with E-state index in [-0.39, 0.29) is 5.91 Å². The standard InChI is InChI=1S/C15H21NO2/c1-2-3-12-18-14-9-5-4-8-13(14)15(17)16-10-6-7-11-16/h4-5,8-9H,2-3,6-7,10-12H2,1H3. The SMILES string of the molecule is CCCCOc1ccccc1C(=O)N1CCCC1. The first-order chi connectivity index (χ1) is 8.83. The van der Waals surface area contributed by atoms with Crippen LogP contribution in [0.15, 0.2) is 24.3 Å². The lowest BCUT2D eigenvalue weighted by atomic mass is 10.1. The Kier molecular flexibility index (Phi) is 4.62. The summed E-state index contributed by atoms with van der Waals surface area (Å²) in [5.41, 5.74) is 0.704. The number of carbonyl (C=O) groups excluding carboxylic acids is 1. The molecule has 1 aromatic carbocycles. The van der Waals surface area contributed by atoms with Crippen LogP contribution in [-0.4, -0.2) is 30.5 Å². The Morgan fingerprint density at radius 2 is 2.00 bits per heavy atom. The zero-order valence-electron chi connectivity index (χ0n) is 11.0. The van der Waals surface area contributed by atoms with Gasteiger partial charge in [0.25, 0.3) is 5.91 Å². The van der Waals surface area contributed by atoms with E-state index in [0.29, 0.717) is 12.2 Å². The number of carbonyl (C=O) groups is 1. The number of rotatable bonds is 5. The highest BCUT2D eigenvalue weighted by molar-refractivity contribution is 5.97. The molecular weight excluding hydrogens is 226 g/mol. The molecule has 1 amide bonds. The molecule has 1 saturated heterocycles. The lowest BCUT2D eigenvalue weighted by Crippen LogP contribution is -2.28. The summed E-state index contributed by atoms with van der Waals surface area (Å²) >= 11 is 0. The van der Waals surface area contributed by atoms with Crippen molar-refractivity contribution in [3.63, 3.8) is 0 Å². The van der Waals surface area contributed by atoms with Crippen LogP contribution in [0.3, 0.4) is 0 Å². The Labute approximate surface area is 109 Å². The molecule has 1 aliphatic rings. The van der Waals surface area contributed by atoms with Gasteiger partial charge in [-0.3, -0.25) is 4.79 Å². The number of hydrogen-bond donors (Lipinski definition) is 0. The van der Waals surface area contributed by atoms with Crippen LogP contribution in [0.25, 0.3) is 0 Å². The van der Waals surface area contributed by atoms with Crippen molar-refractivity contribution in [2.75, 3.05) is 19.7 Å². The zero-order chi connectivity index (χ0) is 12.8. The number of benzene rings is 1. The van der Waals surface area contributed by atoms with E-state index >= 15 is 0 Å². The van der Waals surface area contributed by atoms with Gasteiger partial charge in [-0.25, -0.2) is 0 Å². The fourth-order valence-corrected chi connectivity index (χ4v) is 2.19. The third kappa shape index (κ3) is 3.03. The molecule has 0 radical (unpaired) electrons. The van der Waals surface area contributed by atoms with Gasteiger partial charge in [0.15, 0.2) is 0 Å². The molecule has 0 saturated carbocycles. The molecule has 0 unspecified atom stereocenters. The fraction of sp³-hybridized carbons (Fsp3) is 0.533. The Hall–Kier alpha value is -1.51. The molecule has 1 aliphatic heterocycles. The average molecular weight is 247 g/mol. The van der Waals surface area contributed by atoms with Crippen LogP contribution >= 0.6 is 0 Å². The number of likely N-dealkylation sites (tertiary alicyclic amines) is 1. The van der Waals surface area contributed by atoms with Gasteiger partial charge < -0.3 is 9.64 Å². The molecule has 98 valence electrons. The highest BCUT2D eigenvalue weighted by Gasteiger charge is 2.21. The van der Waals surface area contributed by atoms with Gasteiger partial charge in [0.1, 0.15) is 5.75 Å². The Bertz CT molecular complexity index is 397. The predicted molar refractivity (Wildman–Crippen MR) is 72.0 cm³/mol. The minimum Gasteiger partial charge on any atom is -0.493 e. The van der Waals surface area contributed by atoms with Gasteiger partial charge in [-0.1, -0.05) is 25.5 Å². The largest absolute Gasteiger partial charge is 0.493 e. The molecule has 3 nitrogen and oxygen atoms in total. The highest BCUT2D eigenvalue weighted by Crippen LogP contribution is 2.22. The van der Waals surface area contributed by atoms with Crippen molar-refractivity contribution < 1.29 is 9.53 Å². The summed E-state index contributed by atoms with van der Waals surface area (Å²) in [6.07, 6.45) is 4.35. The maximum absolute atomic E-state index is 12.3. The summed E-state index contributed by atoms with van der Waals surface area (Å²) < 4.78 is 5.71. The lowest BCUT2D eigenvalue weighted by Gasteiger charge is -2.17. The Morgan fingerprint density at radius 3 is 2.72 bits per heavy atom. The number of ether oxygens (including phenoxy) is 1. The van der Waals surface area contributed by atoms with E-state index in [9.17, 15) is 4.79 Å². The lowest BCUT2D eigenvalue weighted by molar-refractivity contribution is 0.0788. The van der Waals surface area contributed by atoms with Crippen LogP contribution < -0.4 is 4.74 Å². The van der Waals surface area contributed by atoms with Gasteiger partial charge in [-0.15, -0.1) is 0 Å². The maximum Gasteiger partial charge on any atom is 0.257 e. The summed E-state index contributed by atoms with van der Waals surface area (Å²) in [6, 6.07) is 7.57. The van der Waals surface area contributed by atoms with Gasteiger partial charge in [0, 0.05) is 13.1 Å². The van der Waals surface area contributed by atoms with Crippen molar-refractivity contribution in [1.82, 2.24) is 4.90 Å². The van der Waals surface area contributed by atoms with E-state index in [1.807, 2.05) is 29.2 Å². The molecule has 1 aromatic rings. The average Bonchev–Trinajstić information content (AvgIpc) is 2.93. The quantitative estimate of drug-likeness (QED) is 0.748. The van der Waals surface area contributed by atoms with Gasteiger partial charge in [-0.2, -0.15) is 0 Å². The topological polar surface area (TPSA) is 29.5 Å². The van der Waals surface area contributed by atoms with E-state index in [0.717, 1.165) is 44.5 Å². The van der Waals surface area contributed by atoms with Crippen molar-refractivity contribution in [2.45, 2.75) is 32.6 Å². The number of para-hydroxylation sites is 1. The third-order valence-electron chi connectivity index (χ3n) is 3.27. The summed E-state index contributed by atoms with van der Waals surface area (Å²) in [5, 5.41) is 0. The van der Waals surface area contributed by atoms with Crippen LogP contribution in [-0.2, 0) is 0 Å². The van der Waals surface area contributed by atoms with Crippen LogP contribution in [0.1, 0.15) is 43.0 Å². The molecule has 3 heteroatoms. The summed E-state index contributed by atoms with van der Waals surface area (Å²) in [7, 11) is 0. The first-order valence-electron chi connectivity index (χ1n) is 6.84. The van der Waals surface area contributed by atoms with Crippen molar-refractivity contribution in [2.24, 2.45) is 0 Å². The fourth-order valence-electron chi connectivity index (χ4n) is 2.19. The van der Waals surface area contributed by atoms with Crippen LogP contribution in [0, 0.1) is 0 Å². The number of unbranched alkanes of at least 4 members (excludes halogenated alkanes) is 1. The molecule has 1 fully saturated rings. The first-order valence-corrected chi connectivity index (χ1v) is 6.84. The van der Waals surface area contributed by atoms with Crippen LogP contribution in [0.5, 0.6) is 5.75 Å². The molecular formula is C15H21NO2. The minimum absolute atomic E-state index is 0.111. The second-order valence-corrected chi connectivity index (χ2v) is 4.70. The van der Waals surface area contributed by atoms with Gasteiger partial charge in [0.05, 0.1) is 12.2 Å². The molecule has 18 heavy (non-hydrogen) atoms. The summed E-state index contributed by atoms with van der Waals surface area (Å²) in [5.74, 6) is 0.836. The minimum atomic E-state index is 0.111. The second kappa shape index (κ2) is 6.43. The molecule has 0 aliphatic carbocycles. The molecule has 0 atom stereocenters. The molecule has 0 N–H and O–H groups in total. The summed E-state index contributed by atoms with van der Waals surface area (Å²) in [4.78, 5) is 14.3. The highest BCUT2D eigenvalue weighted by atomic mass is 16.5. The Balaban J connectivity index is 2.08. The second-order valence-electron chi connectivity index (χ2n) is 4.70. The van der Waals surface area contributed by atoms with Gasteiger partial charge >= 0.3 is 0 Å². The van der Waals surface area contributed by atoms with Crippen molar-refractivity contribution in [3.05, 3.63) is 29.8 Å². The number of hydrogen-bond acceptors (Lipinski definition) is 2. The molecule has 0 spiro atoms. The normalized spacial score (nSPS) is 14.8. The molecule has 0 aromatic heterocycles. The smallest absolute Gasteiger partial charge is 0.257 e. The Morgan fingerprint density at radius 1 is 1.28 bits per heavy atom. The number of amides is 1. The van der Waals surface area contributed by atoms with Gasteiger partial charge in [0.2, 0.25) is 0 Å². The number of nitrogens with zero attached hydrogens (tertiary/aromatic N) is 1. The maximum atomic E-state index is 12.3. The van der Waals surface area contributed by atoms with Gasteiger partial charge in [-0.05, 0) is 31.4 Å². The van der Waals surface area contributed by atoms with Crippen molar-refractivity contribution >= 4 is 5.91 Å². The van der Waals surface area contributed by atoms with E-state index in [2.05, 4.69) is 6.92 Å².